The second-order valence-corrected chi connectivity index (χ2v) is 7.21. The Balaban J connectivity index is 1.71. The van der Waals surface area contributed by atoms with E-state index in [2.05, 4.69) is 25.3 Å². The molecule has 1 amide bonds. The van der Waals surface area contributed by atoms with E-state index in [9.17, 15) is 9.59 Å². The number of rotatable bonds is 10. The lowest BCUT2D eigenvalue weighted by molar-refractivity contribution is -0.148. The maximum atomic E-state index is 12.1. The van der Waals surface area contributed by atoms with E-state index < -0.39 is 6.04 Å². The number of fused-ring (bicyclic) bond motifs is 1. The summed E-state index contributed by atoms with van der Waals surface area (Å²) in [5.41, 5.74) is 1.49. The number of carbonyl (C=O) groups is 2. The summed E-state index contributed by atoms with van der Waals surface area (Å²) in [4.78, 5) is 39.4. The summed E-state index contributed by atoms with van der Waals surface area (Å²) in [7, 11) is 0. The zero-order valence-corrected chi connectivity index (χ0v) is 16.1. The minimum absolute atomic E-state index is 0.0110. The highest BCUT2D eigenvalue weighted by molar-refractivity contribution is 7.99. The molecule has 0 bridgehead atoms. The van der Waals surface area contributed by atoms with E-state index in [0.717, 1.165) is 29.1 Å². The number of amides is 1. The largest absolute Gasteiger partial charge is 0.464 e. The quantitative estimate of drug-likeness (QED) is 0.282. The van der Waals surface area contributed by atoms with Crippen LogP contribution in [0.25, 0.3) is 11.2 Å². The van der Waals surface area contributed by atoms with Crippen LogP contribution in [0.4, 0.5) is 0 Å². The molecule has 2 N–H and O–H groups in total. The van der Waals surface area contributed by atoms with Gasteiger partial charge < -0.3 is 15.0 Å². The molecule has 0 fully saturated rings. The third-order valence-corrected chi connectivity index (χ3v) is 4.82. The molecule has 0 aliphatic rings. The lowest BCUT2D eigenvalue weighted by atomic mass is 10.0. The summed E-state index contributed by atoms with van der Waals surface area (Å²) in [6.07, 6.45) is 5.09. The van der Waals surface area contributed by atoms with Crippen molar-refractivity contribution in [3.8, 4) is 0 Å². The monoisotopic (exact) mass is 379 g/mol. The summed E-state index contributed by atoms with van der Waals surface area (Å²) in [5, 5.41) is 3.64. The molecule has 0 aromatic carbocycles. The predicted octanol–water partition coefficient (Wildman–Crippen LogP) is 2.32. The highest BCUT2D eigenvalue weighted by Gasteiger charge is 2.25. The third-order valence-electron chi connectivity index (χ3n) is 3.75. The number of nitrogens with one attached hydrogen (secondary N) is 2. The van der Waals surface area contributed by atoms with Gasteiger partial charge in [-0.25, -0.2) is 19.7 Å². The number of aromatic nitrogens is 4. The Morgan fingerprint density at radius 1 is 1.27 bits per heavy atom. The first kappa shape index (κ1) is 20.2. The van der Waals surface area contributed by atoms with E-state index >= 15 is 0 Å². The van der Waals surface area contributed by atoms with Crippen LogP contribution in [-0.4, -0.2) is 50.2 Å². The Labute approximate surface area is 156 Å². The van der Waals surface area contributed by atoms with Gasteiger partial charge in [0.15, 0.2) is 5.65 Å². The van der Waals surface area contributed by atoms with Gasteiger partial charge in [-0.05, 0) is 31.4 Å². The summed E-state index contributed by atoms with van der Waals surface area (Å²) >= 11 is 1.61. The van der Waals surface area contributed by atoms with Crippen LogP contribution in [0, 0.1) is 5.92 Å². The summed E-state index contributed by atoms with van der Waals surface area (Å²) in [6, 6.07) is -0.591. The first-order valence-electron chi connectivity index (χ1n) is 8.75. The lowest BCUT2D eigenvalue weighted by Gasteiger charge is -2.20. The molecular weight excluding hydrogens is 354 g/mol. The van der Waals surface area contributed by atoms with Crippen LogP contribution in [0.3, 0.4) is 0 Å². The molecule has 0 radical (unpaired) electrons. The molecule has 0 saturated heterocycles. The molecule has 142 valence electrons. The number of H-pyrrole nitrogens is 1. The van der Waals surface area contributed by atoms with Crippen LogP contribution in [0.15, 0.2) is 17.7 Å². The number of nitrogens with zero attached hydrogens (tertiary/aromatic N) is 3. The van der Waals surface area contributed by atoms with Crippen molar-refractivity contribution in [2.45, 2.75) is 51.1 Å². The second kappa shape index (κ2) is 10.1. The Morgan fingerprint density at radius 2 is 2.08 bits per heavy atom. The molecule has 8 nitrogen and oxygen atoms in total. The molecule has 2 aromatic rings. The Hall–Kier alpha value is -2.16. The van der Waals surface area contributed by atoms with Crippen molar-refractivity contribution in [3.05, 3.63) is 12.7 Å². The molecule has 0 unspecified atom stereocenters. The first-order chi connectivity index (χ1) is 12.5. The normalized spacial score (nSPS) is 12.3. The fourth-order valence-corrected chi connectivity index (χ4v) is 3.34. The Bertz CT molecular complexity index is 734. The van der Waals surface area contributed by atoms with Crippen LogP contribution in [0.5, 0.6) is 0 Å². The minimum atomic E-state index is -0.591. The van der Waals surface area contributed by atoms with E-state index in [1.54, 1.807) is 25.0 Å². The number of esters is 1. The van der Waals surface area contributed by atoms with Gasteiger partial charge in [-0.3, -0.25) is 4.79 Å². The zero-order chi connectivity index (χ0) is 18.9. The van der Waals surface area contributed by atoms with Gasteiger partial charge in [0.1, 0.15) is 22.9 Å². The highest BCUT2D eigenvalue weighted by atomic mass is 32.2. The highest BCUT2D eigenvalue weighted by Crippen LogP contribution is 2.22. The molecule has 9 heteroatoms. The molecule has 0 aliphatic heterocycles. The lowest BCUT2D eigenvalue weighted by Crippen LogP contribution is -2.45. The van der Waals surface area contributed by atoms with E-state index in [4.69, 9.17) is 4.74 Å². The van der Waals surface area contributed by atoms with Crippen molar-refractivity contribution in [2.24, 2.45) is 5.92 Å². The van der Waals surface area contributed by atoms with Crippen LogP contribution in [0.1, 0.15) is 40.0 Å². The van der Waals surface area contributed by atoms with E-state index in [1.165, 1.54) is 6.33 Å². The molecule has 0 saturated carbocycles. The standard InChI is InChI=1S/C17H25N5O3S/c1-4-25-17(24)13(11(2)3)22-12(23)7-5-6-8-26-16-14-15(19-9-18-14)20-10-21-16/h9-11,13H,4-8H2,1-3H3,(H,22,23)(H,18,19,20,21)/t13-/m0/s1. The van der Waals surface area contributed by atoms with Crippen molar-refractivity contribution >= 4 is 34.8 Å². The summed E-state index contributed by atoms with van der Waals surface area (Å²) in [5.74, 6) is 0.325. The smallest absolute Gasteiger partial charge is 0.328 e. The molecule has 2 heterocycles. The van der Waals surface area contributed by atoms with Gasteiger partial charge in [-0.1, -0.05) is 13.8 Å². The predicted molar refractivity (Wildman–Crippen MR) is 99.7 cm³/mol. The number of ether oxygens (including phenoxy) is 1. The average Bonchev–Trinajstić information content (AvgIpc) is 3.08. The fraction of sp³-hybridized carbons (Fsp3) is 0.588. The average molecular weight is 379 g/mol. The van der Waals surface area contributed by atoms with Gasteiger partial charge in [0.05, 0.1) is 12.9 Å². The molecule has 0 aliphatic carbocycles. The second-order valence-electron chi connectivity index (χ2n) is 6.13. The van der Waals surface area contributed by atoms with Crippen molar-refractivity contribution in [1.82, 2.24) is 25.3 Å². The molecule has 2 rings (SSSR count). The molecular formula is C17H25N5O3S. The molecule has 1 atom stereocenters. The van der Waals surface area contributed by atoms with Gasteiger partial charge in [0, 0.05) is 6.42 Å². The first-order valence-corrected chi connectivity index (χ1v) is 9.74. The summed E-state index contributed by atoms with van der Waals surface area (Å²) < 4.78 is 5.01. The number of hydrogen-bond acceptors (Lipinski definition) is 7. The minimum Gasteiger partial charge on any atom is -0.464 e. The number of hydrogen-bond donors (Lipinski definition) is 2. The Kier molecular flexibility index (Phi) is 7.83. The van der Waals surface area contributed by atoms with Gasteiger partial charge in [0.2, 0.25) is 5.91 Å². The van der Waals surface area contributed by atoms with E-state index in [-0.39, 0.29) is 17.8 Å². The van der Waals surface area contributed by atoms with Gasteiger partial charge in [0.25, 0.3) is 0 Å². The molecule has 2 aromatic heterocycles. The third kappa shape index (κ3) is 5.69. The van der Waals surface area contributed by atoms with Crippen molar-refractivity contribution in [3.63, 3.8) is 0 Å². The SMILES string of the molecule is CCOC(=O)[C@@H](NC(=O)CCCCSc1ncnc2nc[nH]c12)C(C)C. The summed E-state index contributed by atoms with van der Waals surface area (Å²) in [6.45, 7) is 5.83. The van der Waals surface area contributed by atoms with E-state index in [1.807, 2.05) is 13.8 Å². The van der Waals surface area contributed by atoms with Crippen molar-refractivity contribution in [2.75, 3.05) is 12.4 Å². The van der Waals surface area contributed by atoms with Crippen LogP contribution in [-0.2, 0) is 14.3 Å². The maximum Gasteiger partial charge on any atom is 0.328 e. The number of thioether (sulfide) groups is 1. The van der Waals surface area contributed by atoms with Gasteiger partial charge in [-0.15, -0.1) is 11.8 Å². The number of unbranched alkanes of at least 4 members (excludes halogenated alkanes) is 1. The topological polar surface area (TPSA) is 110 Å². The van der Waals surface area contributed by atoms with Crippen molar-refractivity contribution < 1.29 is 14.3 Å². The van der Waals surface area contributed by atoms with E-state index in [0.29, 0.717) is 18.7 Å². The van der Waals surface area contributed by atoms with Crippen LogP contribution < -0.4 is 5.32 Å². The zero-order valence-electron chi connectivity index (χ0n) is 15.3. The number of aromatic amines is 1. The van der Waals surface area contributed by atoms with Gasteiger partial charge in [-0.2, -0.15) is 0 Å². The maximum absolute atomic E-state index is 12.1. The Morgan fingerprint density at radius 3 is 2.81 bits per heavy atom. The molecule has 0 spiro atoms. The van der Waals surface area contributed by atoms with Crippen LogP contribution in [0.2, 0.25) is 0 Å². The molecule has 26 heavy (non-hydrogen) atoms. The fourth-order valence-electron chi connectivity index (χ4n) is 2.38. The van der Waals surface area contributed by atoms with Crippen molar-refractivity contribution in [1.29, 1.82) is 0 Å². The van der Waals surface area contributed by atoms with Gasteiger partial charge >= 0.3 is 5.97 Å². The number of imidazole rings is 1. The number of carbonyl (C=O) groups excluding carboxylic acids is 2. The van der Waals surface area contributed by atoms with Crippen LogP contribution >= 0.6 is 11.8 Å².